The van der Waals surface area contributed by atoms with Gasteiger partial charge in [-0.1, -0.05) is 43.7 Å². The number of nitriles is 2. The van der Waals surface area contributed by atoms with Crippen molar-refractivity contribution in [3.8, 4) is 12.1 Å². The molecule has 0 bridgehead atoms. The molecule has 0 aromatic heterocycles. The molecular weight excluding hydrogens is 304 g/mol. The summed E-state index contributed by atoms with van der Waals surface area (Å²) in [6.07, 6.45) is 1.42. The number of amidine groups is 1. The van der Waals surface area contributed by atoms with Crippen LogP contribution in [0.4, 0.5) is 0 Å². The Morgan fingerprint density at radius 3 is 2.38 bits per heavy atom. The van der Waals surface area contributed by atoms with Crippen LogP contribution in [0.5, 0.6) is 0 Å². The summed E-state index contributed by atoms with van der Waals surface area (Å²) in [4.78, 5) is 4.34. The molecule has 0 unspecified atom stereocenters. The predicted molar refractivity (Wildman–Crippen MR) is 85.4 cm³/mol. The summed E-state index contributed by atoms with van der Waals surface area (Å²) >= 11 is 0. The van der Waals surface area contributed by atoms with Crippen molar-refractivity contribution >= 4 is 5.84 Å². The van der Waals surface area contributed by atoms with E-state index in [-0.39, 0.29) is 5.84 Å². The molecule has 6 nitrogen and oxygen atoms in total. The zero-order valence-corrected chi connectivity index (χ0v) is 13.5. The Labute approximate surface area is 140 Å². The lowest BCUT2D eigenvalue weighted by molar-refractivity contribution is -0.188. The maximum Gasteiger partial charge on any atom is 0.293 e. The van der Waals surface area contributed by atoms with Crippen LogP contribution < -0.4 is 5.73 Å². The van der Waals surface area contributed by atoms with Crippen LogP contribution >= 0.6 is 0 Å². The van der Waals surface area contributed by atoms with E-state index in [4.69, 9.17) is 15.2 Å². The van der Waals surface area contributed by atoms with Crippen LogP contribution in [0.15, 0.2) is 35.3 Å². The summed E-state index contributed by atoms with van der Waals surface area (Å²) in [5.74, 6) is -1.34. The van der Waals surface area contributed by atoms with Gasteiger partial charge in [0.2, 0.25) is 0 Å². The van der Waals surface area contributed by atoms with Gasteiger partial charge in [-0.3, -0.25) is 0 Å². The molecule has 24 heavy (non-hydrogen) atoms. The van der Waals surface area contributed by atoms with Gasteiger partial charge in [0.1, 0.15) is 5.84 Å². The number of ether oxygens (including phenoxy) is 2. The predicted octanol–water partition coefficient (Wildman–Crippen LogP) is 1.83. The average Bonchev–Trinajstić information content (AvgIpc) is 2.85. The van der Waals surface area contributed by atoms with Crippen molar-refractivity contribution in [2.75, 3.05) is 13.2 Å². The van der Waals surface area contributed by atoms with Gasteiger partial charge in [0, 0.05) is 0 Å². The van der Waals surface area contributed by atoms with Crippen LogP contribution in [0.3, 0.4) is 0 Å². The van der Waals surface area contributed by atoms with Gasteiger partial charge in [0.25, 0.3) is 5.91 Å². The molecule has 2 N–H and O–H groups in total. The fourth-order valence-corrected chi connectivity index (χ4v) is 5.09. The summed E-state index contributed by atoms with van der Waals surface area (Å²) in [7, 11) is 0. The number of nitrogens with two attached hydrogens (primary N) is 1. The Kier molecular flexibility index (Phi) is 2.88. The SMILES string of the molecule is CCC[C@@]1(c2ccccc2)[C@]2(C#N)C(N)=NC3(OCCO3)[C@@]21C#N. The van der Waals surface area contributed by atoms with E-state index in [2.05, 4.69) is 17.1 Å². The Balaban J connectivity index is 2.05. The highest BCUT2D eigenvalue weighted by Crippen LogP contribution is 2.86. The molecule has 2 fully saturated rings. The molecule has 6 heteroatoms. The lowest BCUT2D eigenvalue weighted by Crippen LogP contribution is -2.42. The first-order chi connectivity index (χ1) is 11.6. The Morgan fingerprint density at radius 1 is 1.17 bits per heavy atom. The Hall–Kier alpha value is -2.41. The number of nitrogens with zero attached hydrogens (tertiary/aromatic N) is 3. The summed E-state index contributed by atoms with van der Waals surface area (Å²) in [5.41, 5.74) is 3.88. The molecule has 1 aromatic rings. The van der Waals surface area contributed by atoms with Gasteiger partial charge >= 0.3 is 0 Å². The molecule has 2 heterocycles. The van der Waals surface area contributed by atoms with Crippen molar-refractivity contribution in [2.45, 2.75) is 31.1 Å². The molecule has 3 atom stereocenters. The fraction of sp³-hybridized carbons (Fsp3) is 0.500. The Morgan fingerprint density at radius 2 is 1.83 bits per heavy atom. The zero-order chi connectivity index (χ0) is 17.1. The second-order valence-corrected chi connectivity index (χ2v) is 6.52. The lowest BCUT2D eigenvalue weighted by Gasteiger charge is -2.31. The van der Waals surface area contributed by atoms with Gasteiger partial charge in [-0.2, -0.15) is 10.5 Å². The average molecular weight is 322 g/mol. The van der Waals surface area contributed by atoms with Crippen molar-refractivity contribution in [1.82, 2.24) is 0 Å². The van der Waals surface area contributed by atoms with Gasteiger partial charge in [0.15, 0.2) is 10.8 Å². The minimum atomic E-state index is -1.48. The van der Waals surface area contributed by atoms with Gasteiger partial charge in [-0.25, -0.2) is 4.99 Å². The molecule has 0 amide bonds. The Bertz CT molecular complexity index is 803. The standard InChI is InChI=1S/C18H18N4O2/c1-2-8-15(13-6-4-3-5-7-13)16(11-19)14(21)22-18(17(15,16)12-20)23-9-10-24-18/h3-7H,2,8-10H2,1H3,(H2,21,22)/t15-,16+,17-/m1/s1. The summed E-state index contributed by atoms with van der Waals surface area (Å²) < 4.78 is 11.6. The second-order valence-electron chi connectivity index (χ2n) is 6.52. The van der Waals surface area contributed by atoms with E-state index in [1.165, 1.54) is 0 Å². The van der Waals surface area contributed by atoms with Crippen molar-refractivity contribution in [1.29, 1.82) is 10.5 Å². The molecule has 2 aliphatic heterocycles. The number of aliphatic imine (C=N–C) groups is 1. The lowest BCUT2D eigenvalue weighted by atomic mass is 9.79. The number of fused-ring (bicyclic) bond motifs is 2. The van der Waals surface area contributed by atoms with Crippen molar-refractivity contribution < 1.29 is 9.47 Å². The maximum absolute atomic E-state index is 10.2. The van der Waals surface area contributed by atoms with Gasteiger partial charge in [-0.15, -0.1) is 0 Å². The van der Waals surface area contributed by atoms with E-state index in [0.717, 1.165) is 12.0 Å². The highest BCUT2D eigenvalue weighted by atomic mass is 16.8. The van der Waals surface area contributed by atoms with E-state index >= 15 is 0 Å². The van der Waals surface area contributed by atoms with E-state index < -0.39 is 22.2 Å². The normalized spacial score (nSPS) is 38.2. The van der Waals surface area contributed by atoms with Crippen molar-refractivity contribution in [3.63, 3.8) is 0 Å². The first-order valence-corrected chi connectivity index (χ1v) is 8.14. The minimum Gasteiger partial charge on any atom is -0.386 e. The molecule has 3 aliphatic rings. The van der Waals surface area contributed by atoms with Gasteiger partial charge < -0.3 is 15.2 Å². The van der Waals surface area contributed by atoms with E-state index in [1.54, 1.807) is 0 Å². The molecular formula is C18H18N4O2. The first-order valence-electron chi connectivity index (χ1n) is 8.14. The minimum absolute atomic E-state index is 0.144. The molecule has 1 aromatic carbocycles. The van der Waals surface area contributed by atoms with Crippen LogP contribution in [0, 0.1) is 33.5 Å². The summed E-state index contributed by atoms with van der Waals surface area (Å²) in [5, 5.41) is 20.4. The second kappa shape index (κ2) is 4.57. The molecule has 1 saturated carbocycles. The topological polar surface area (TPSA) is 104 Å². The smallest absolute Gasteiger partial charge is 0.293 e. The molecule has 1 spiro atoms. The summed E-state index contributed by atoms with van der Waals surface area (Å²) in [6.45, 7) is 2.70. The summed E-state index contributed by atoms with van der Waals surface area (Å²) in [6, 6.07) is 14.3. The van der Waals surface area contributed by atoms with E-state index in [0.29, 0.717) is 19.6 Å². The van der Waals surface area contributed by atoms with Gasteiger partial charge in [-0.05, 0) is 12.0 Å². The third-order valence-electron chi connectivity index (χ3n) is 5.81. The number of hydrogen-bond acceptors (Lipinski definition) is 6. The highest BCUT2D eigenvalue weighted by Gasteiger charge is 3.01. The van der Waals surface area contributed by atoms with E-state index in [9.17, 15) is 10.5 Å². The number of benzene rings is 1. The molecule has 1 aliphatic carbocycles. The third kappa shape index (κ3) is 1.18. The maximum atomic E-state index is 10.2. The monoisotopic (exact) mass is 322 g/mol. The van der Waals surface area contributed by atoms with Crippen LogP contribution in [0.1, 0.15) is 25.3 Å². The zero-order valence-electron chi connectivity index (χ0n) is 13.5. The molecule has 4 rings (SSSR count). The highest BCUT2D eigenvalue weighted by molar-refractivity contribution is 6.02. The number of rotatable bonds is 3. The molecule has 1 saturated heterocycles. The van der Waals surface area contributed by atoms with E-state index in [1.807, 2.05) is 37.3 Å². The van der Waals surface area contributed by atoms with Crippen LogP contribution in [-0.4, -0.2) is 25.0 Å². The van der Waals surface area contributed by atoms with Crippen LogP contribution in [0.2, 0.25) is 0 Å². The van der Waals surface area contributed by atoms with Crippen molar-refractivity contribution in [2.24, 2.45) is 21.6 Å². The third-order valence-corrected chi connectivity index (χ3v) is 5.81. The van der Waals surface area contributed by atoms with Crippen LogP contribution in [-0.2, 0) is 14.9 Å². The molecule has 0 radical (unpaired) electrons. The first kappa shape index (κ1) is 15.1. The van der Waals surface area contributed by atoms with Gasteiger partial charge in [0.05, 0.1) is 30.8 Å². The molecule has 122 valence electrons. The fourth-order valence-electron chi connectivity index (χ4n) is 5.09. The number of hydrogen-bond donors (Lipinski definition) is 1. The van der Waals surface area contributed by atoms with Crippen molar-refractivity contribution in [3.05, 3.63) is 35.9 Å². The van der Waals surface area contributed by atoms with Crippen LogP contribution in [0.25, 0.3) is 0 Å². The largest absolute Gasteiger partial charge is 0.386 e. The quantitative estimate of drug-likeness (QED) is 0.914.